The number of aromatic nitrogens is 5. The first-order chi connectivity index (χ1) is 12.3. The van der Waals surface area contributed by atoms with Crippen LogP contribution >= 0.6 is 11.3 Å². The van der Waals surface area contributed by atoms with E-state index >= 15 is 0 Å². The number of fused-ring (bicyclic) bond motifs is 4. The third-order valence-corrected chi connectivity index (χ3v) is 5.33. The lowest BCUT2D eigenvalue weighted by atomic mass is 10.1. The van der Waals surface area contributed by atoms with Gasteiger partial charge in [0.1, 0.15) is 26.4 Å². The minimum atomic E-state index is 0.773. The number of hydrogen-bond acceptors (Lipinski definition) is 6. The summed E-state index contributed by atoms with van der Waals surface area (Å²) in [6, 6.07) is 8.22. The lowest BCUT2D eigenvalue weighted by Gasteiger charge is -2.02. The van der Waals surface area contributed by atoms with Gasteiger partial charge < -0.3 is 9.88 Å². The highest BCUT2D eigenvalue weighted by atomic mass is 32.1. The SMILES string of the molecule is CNc1nc2sc(-c3cncc4ccccc34)nc2c2c1ncn2C. The molecule has 7 heteroatoms. The number of imidazole rings is 1. The fourth-order valence-corrected chi connectivity index (χ4v) is 4.12. The second-order valence-electron chi connectivity index (χ2n) is 5.84. The number of pyridine rings is 2. The van der Waals surface area contributed by atoms with Crippen LogP contribution in [-0.2, 0) is 7.05 Å². The number of nitrogens with zero attached hydrogens (tertiary/aromatic N) is 5. The zero-order valence-corrected chi connectivity index (χ0v) is 14.5. The van der Waals surface area contributed by atoms with Gasteiger partial charge in [0.25, 0.3) is 0 Å². The molecule has 0 fully saturated rings. The monoisotopic (exact) mass is 346 g/mol. The number of hydrogen-bond donors (Lipinski definition) is 1. The molecule has 0 bridgehead atoms. The summed E-state index contributed by atoms with van der Waals surface area (Å²) in [6.07, 6.45) is 5.55. The molecule has 6 nitrogen and oxygen atoms in total. The molecule has 5 aromatic rings. The van der Waals surface area contributed by atoms with Gasteiger partial charge in [-0.05, 0) is 5.39 Å². The normalized spacial score (nSPS) is 11.6. The minimum Gasteiger partial charge on any atom is -0.371 e. The van der Waals surface area contributed by atoms with Crippen molar-refractivity contribution in [1.82, 2.24) is 24.5 Å². The maximum absolute atomic E-state index is 4.90. The summed E-state index contributed by atoms with van der Waals surface area (Å²) in [6.45, 7) is 0. The van der Waals surface area contributed by atoms with Crippen LogP contribution in [0.2, 0.25) is 0 Å². The van der Waals surface area contributed by atoms with Gasteiger partial charge in [-0.25, -0.2) is 15.0 Å². The molecule has 4 aromatic heterocycles. The maximum atomic E-state index is 4.90. The van der Waals surface area contributed by atoms with Crippen molar-refractivity contribution in [3.63, 3.8) is 0 Å². The van der Waals surface area contributed by atoms with E-state index in [2.05, 4.69) is 27.4 Å². The highest BCUT2D eigenvalue weighted by Crippen LogP contribution is 2.37. The van der Waals surface area contributed by atoms with E-state index in [0.29, 0.717) is 0 Å². The highest BCUT2D eigenvalue weighted by Gasteiger charge is 2.18. The Morgan fingerprint density at radius 1 is 1.08 bits per heavy atom. The van der Waals surface area contributed by atoms with E-state index in [1.54, 1.807) is 17.7 Å². The van der Waals surface area contributed by atoms with Crippen molar-refractivity contribution in [2.24, 2.45) is 7.05 Å². The van der Waals surface area contributed by atoms with Gasteiger partial charge in [0, 0.05) is 37.4 Å². The van der Waals surface area contributed by atoms with Crippen molar-refractivity contribution in [3.05, 3.63) is 43.0 Å². The maximum Gasteiger partial charge on any atom is 0.155 e. The number of anilines is 1. The molecular formula is C18H14N6S. The molecule has 122 valence electrons. The van der Waals surface area contributed by atoms with Gasteiger partial charge in [0.15, 0.2) is 5.82 Å². The third-order valence-electron chi connectivity index (χ3n) is 4.34. The fourth-order valence-electron chi connectivity index (χ4n) is 3.16. The number of rotatable bonds is 2. The van der Waals surface area contributed by atoms with Crippen LogP contribution in [0.25, 0.3) is 42.7 Å². The topological polar surface area (TPSA) is 68.5 Å². The summed E-state index contributed by atoms with van der Waals surface area (Å²) in [5.74, 6) is 0.773. The summed E-state index contributed by atoms with van der Waals surface area (Å²) in [7, 11) is 3.84. The van der Waals surface area contributed by atoms with Crippen LogP contribution in [0.5, 0.6) is 0 Å². The molecule has 0 spiro atoms. The third kappa shape index (κ3) is 2.02. The van der Waals surface area contributed by atoms with Crippen molar-refractivity contribution in [1.29, 1.82) is 0 Å². The van der Waals surface area contributed by atoms with Gasteiger partial charge in [-0.15, -0.1) is 0 Å². The molecule has 0 unspecified atom stereocenters. The fraction of sp³-hybridized carbons (Fsp3) is 0.111. The molecule has 0 saturated heterocycles. The van der Waals surface area contributed by atoms with E-state index < -0.39 is 0 Å². The van der Waals surface area contributed by atoms with Crippen molar-refractivity contribution < 1.29 is 0 Å². The number of thiazole rings is 1. The quantitative estimate of drug-likeness (QED) is 0.526. The lowest BCUT2D eigenvalue weighted by molar-refractivity contribution is 0.949. The molecular weight excluding hydrogens is 332 g/mol. The molecule has 0 radical (unpaired) electrons. The predicted octanol–water partition coefficient (Wildman–Crippen LogP) is 3.83. The van der Waals surface area contributed by atoms with Gasteiger partial charge in [-0.1, -0.05) is 35.6 Å². The van der Waals surface area contributed by atoms with Crippen LogP contribution < -0.4 is 5.32 Å². The van der Waals surface area contributed by atoms with Crippen LogP contribution in [-0.4, -0.2) is 31.6 Å². The van der Waals surface area contributed by atoms with Crippen molar-refractivity contribution in [2.75, 3.05) is 12.4 Å². The minimum absolute atomic E-state index is 0.773. The number of nitrogens with one attached hydrogen (secondary N) is 1. The molecule has 1 N–H and O–H groups in total. The van der Waals surface area contributed by atoms with E-state index in [-0.39, 0.29) is 0 Å². The Bertz CT molecular complexity index is 1250. The van der Waals surface area contributed by atoms with E-state index in [0.717, 1.165) is 48.5 Å². The molecule has 25 heavy (non-hydrogen) atoms. The van der Waals surface area contributed by atoms with Crippen molar-refractivity contribution >= 4 is 49.3 Å². The molecule has 0 amide bonds. The standard InChI is InChI=1S/C18H14N6S/c1-19-16-13-15(24(2)9-21-13)14-18(23-16)25-17(22-14)12-8-20-7-10-5-3-4-6-11(10)12/h3-9H,1-2H3,(H,19,23). The van der Waals surface area contributed by atoms with Crippen molar-refractivity contribution in [3.8, 4) is 10.6 Å². The summed E-state index contributed by atoms with van der Waals surface area (Å²) < 4.78 is 1.99. The van der Waals surface area contributed by atoms with Crippen LogP contribution in [0.1, 0.15) is 0 Å². The first-order valence-electron chi connectivity index (χ1n) is 7.88. The van der Waals surface area contributed by atoms with Crippen LogP contribution in [0.3, 0.4) is 0 Å². The Kier molecular flexibility index (Phi) is 2.98. The second kappa shape index (κ2) is 5.22. The molecule has 4 heterocycles. The van der Waals surface area contributed by atoms with Gasteiger partial charge in [0.2, 0.25) is 0 Å². The summed E-state index contributed by atoms with van der Waals surface area (Å²) in [5.41, 5.74) is 3.74. The molecule has 0 atom stereocenters. The molecule has 0 aliphatic rings. The first kappa shape index (κ1) is 14.3. The Morgan fingerprint density at radius 2 is 1.96 bits per heavy atom. The zero-order valence-electron chi connectivity index (χ0n) is 13.7. The van der Waals surface area contributed by atoms with Crippen molar-refractivity contribution in [2.45, 2.75) is 0 Å². The number of aryl methyl sites for hydroxylation is 1. The van der Waals surface area contributed by atoms with Crippen LogP contribution in [0.4, 0.5) is 5.82 Å². The van der Waals surface area contributed by atoms with Crippen LogP contribution in [0.15, 0.2) is 43.0 Å². The Labute approximate surface area is 147 Å². The van der Waals surface area contributed by atoms with E-state index in [1.807, 2.05) is 43.2 Å². The van der Waals surface area contributed by atoms with Crippen LogP contribution in [0, 0.1) is 0 Å². The largest absolute Gasteiger partial charge is 0.371 e. The molecule has 5 rings (SSSR count). The summed E-state index contributed by atoms with van der Waals surface area (Å²) in [4.78, 5) is 19.3. The molecule has 0 aliphatic heterocycles. The molecule has 1 aromatic carbocycles. The highest BCUT2D eigenvalue weighted by molar-refractivity contribution is 7.21. The number of benzene rings is 1. The Morgan fingerprint density at radius 3 is 2.84 bits per heavy atom. The average Bonchev–Trinajstić information content (AvgIpc) is 3.24. The van der Waals surface area contributed by atoms with E-state index in [9.17, 15) is 0 Å². The average molecular weight is 346 g/mol. The summed E-state index contributed by atoms with van der Waals surface area (Å²) in [5, 5.41) is 6.30. The smallest absolute Gasteiger partial charge is 0.155 e. The molecule has 0 saturated carbocycles. The van der Waals surface area contributed by atoms with Gasteiger partial charge in [-0.3, -0.25) is 4.98 Å². The van der Waals surface area contributed by atoms with Gasteiger partial charge in [0.05, 0.1) is 6.33 Å². The predicted molar refractivity (Wildman–Crippen MR) is 102 cm³/mol. The van der Waals surface area contributed by atoms with Gasteiger partial charge in [-0.2, -0.15) is 0 Å². The Balaban J connectivity index is 1.86. The lowest BCUT2D eigenvalue weighted by Crippen LogP contribution is -1.95. The van der Waals surface area contributed by atoms with Gasteiger partial charge >= 0.3 is 0 Å². The van der Waals surface area contributed by atoms with E-state index in [1.165, 1.54) is 0 Å². The second-order valence-corrected chi connectivity index (χ2v) is 6.82. The van der Waals surface area contributed by atoms with E-state index in [4.69, 9.17) is 9.97 Å². The zero-order chi connectivity index (χ0) is 17.0. The summed E-state index contributed by atoms with van der Waals surface area (Å²) >= 11 is 1.58. The first-order valence-corrected chi connectivity index (χ1v) is 8.70. The molecule has 0 aliphatic carbocycles. The Hall–Kier alpha value is -3.06.